The van der Waals surface area contributed by atoms with Gasteiger partial charge in [-0.05, 0) is 43.7 Å². The highest BCUT2D eigenvalue weighted by Crippen LogP contribution is 2.43. The first-order valence-electron chi connectivity index (χ1n) is 9.59. The van der Waals surface area contributed by atoms with Crippen LogP contribution in [0, 0.1) is 19.8 Å². The molecule has 1 aliphatic heterocycles. The van der Waals surface area contributed by atoms with Crippen molar-refractivity contribution in [1.29, 1.82) is 0 Å². The van der Waals surface area contributed by atoms with Gasteiger partial charge in [0, 0.05) is 5.56 Å². The third-order valence-electron chi connectivity index (χ3n) is 5.31. The van der Waals surface area contributed by atoms with Crippen molar-refractivity contribution in [1.82, 2.24) is 0 Å². The van der Waals surface area contributed by atoms with Gasteiger partial charge in [-0.15, -0.1) is 0 Å². The zero-order valence-electron chi connectivity index (χ0n) is 17.4. The number of anilines is 1. The Morgan fingerprint density at radius 3 is 2.00 bits per heavy atom. The van der Waals surface area contributed by atoms with Crippen LogP contribution in [0.4, 0.5) is 45.2 Å². The summed E-state index contributed by atoms with van der Waals surface area (Å²) >= 11 is 0. The summed E-state index contributed by atoms with van der Waals surface area (Å²) in [5.74, 6) is -2.31. The number of aliphatic hydroxyl groups excluding tert-OH is 2. The SMILES string of the molecule is Cc1ccc(N2N=C(c3ccc(C(F)(F)F)cc3C)C(C(O)C(F)(F)F)C2O)c(C(F)(F)F)c1. The first-order chi connectivity index (χ1) is 15.4. The Bertz CT molecular complexity index is 1110. The molecule has 1 heterocycles. The molecule has 0 saturated heterocycles. The van der Waals surface area contributed by atoms with Gasteiger partial charge in [0.05, 0.1) is 28.4 Å². The summed E-state index contributed by atoms with van der Waals surface area (Å²) in [4.78, 5) is 0. The molecule has 3 unspecified atom stereocenters. The molecule has 3 rings (SSSR count). The topological polar surface area (TPSA) is 56.1 Å². The lowest BCUT2D eigenvalue weighted by molar-refractivity contribution is -0.218. The molecule has 3 atom stereocenters. The summed E-state index contributed by atoms with van der Waals surface area (Å²) in [7, 11) is 0. The molecule has 0 spiro atoms. The minimum absolute atomic E-state index is 0.166. The summed E-state index contributed by atoms with van der Waals surface area (Å²) in [6.45, 7) is 2.47. The Morgan fingerprint density at radius 1 is 0.882 bits per heavy atom. The van der Waals surface area contributed by atoms with E-state index in [1.807, 2.05) is 0 Å². The molecule has 0 aliphatic carbocycles. The van der Waals surface area contributed by atoms with Gasteiger partial charge in [0.1, 0.15) is 0 Å². The first-order valence-corrected chi connectivity index (χ1v) is 9.59. The van der Waals surface area contributed by atoms with E-state index in [0.717, 1.165) is 19.1 Å². The molecule has 0 amide bonds. The fourth-order valence-corrected chi connectivity index (χ4v) is 3.69. The smallest absolute Gasteiger partial charge is 0.383 e. The second-order valence-corrected chi connectivity index (χ2v) is 7.80. The van der Waals surface area contributed by atoms with E-state index in [1.54, 1.807) is 0 Å². The maximum atomic E-state index is 13.6. The summed E-state index contributed by atoms with van der Waals surface area (Å²) in [6, 6.07) is 4.78. The number of halogens is 9. The average Bonchev–Trinajstić information content (AvgIpc) is 3.01. The molecular weight excluding hydrogens is 483 g/mol. The van der Waals surface area contributed by atoms with E-state index in [4.69, 9.17) is 0 Å². The van der Waals surface area contributed by atoms with E-state index in [0.29, 0.717) is 18.2 Å². The normalized spacial score (nSPS) is 20.5. The minimum Gasteiger partial charge on any atom is -0.383 e. The van der Waals surface area contributed by atoms with Crippen LogP contribution in [0.3, 0.4) is 0 Å². The van der Waals surface area contributed by atoms with Crippen molar-refractivity contribution in [2.24, 2.45) is 11.0 Å². The molecule has 4 nitrogen and oxygen atoms in total. The second kappa shape index (κ2) is 8.45. The van der Waals surface area contributed by atoms with E-state index in [1.165, 1.54) is 13.0 Å². The number of aryl methyl sites for hydroxylation is 2. The summed E-state index contributed by atoms with van der Waals surface area (Å²) in [5.41, 5.74) is -4.26. The van der Waals surface area contributed by atoms with Crippen LogP contribution in [0.15, 0.2) is 41.5 Å². The number of hydrogen-bond donors (Lipinski definition) is 2. The summed E-state index contributed by atoms with van der Waals surface area (Å²) in [5, 5.41) is 24.5. The maximum Gasteiger partial charge on any atom is 0.418 e. The van der Waals surface area contributed by atoms with Crippen molar-refractivity contribution in [3.05, 3.63) is 64.2 Å². The van der Waals surface area contributed by atoms with E-state index < -0.39 is 59.3 Å². The van der Waals surface area contributed by atoms with E-state index in [9.17, 15) is 49.7 Å². The van der Waals surface area contributed by atoms with Crippen LogP contribution in [-0.2, 0) is 12.4 Å². The molecule has 34 heavy (non-hydrogen) atoms. The molecule has 186 valence electrons. The summed E-state index contributed by atoms with van der Waals surface area (Å²) in [6.07, 6.45) is -20.7. The molecule has 2 aromatic rings. The predicted octanol–water partition coefficient (Wildman–Crippen LogP) is 5.42. The Hall–Kier alpha value is -2.80. The molecule has 2 N–H and O–H groups in total. The molecule has 0 aromatic heterocycles. The molecule has 0 fully saturated rings. The lowest BCUT2D eigenvalue weighted by Gasteiger charge is -2.29. The zero-order chi connectivity index (χ0) is 25.8. The molecular formula is C21H17F9N2O2. The highest BCUT2D eigenvalue weighted by atomic mass is 19.4. The van der Waals surface area contributed by atoms with E-state index in [2.05, 4.69) is 5.10 Å². The van der Waals surface area contributed by atoms with Gasteiger partial charge in [0.25, 0.3) is 0 Å². The lowest BCUT2D eigenvalue weighted by Crippen LogP contribution is -2.47. The van der Waals surface area contributed by atoms with Crippen LogP contribution in [0.5, 0.6) is 0 Å². The zero-order valence-corrected chi connectivity index (χ0v) is 17.4. The Balaban J connectivity index is 2.21. The van der Waals surface area contributed by atoms with Crippen LogP contribution in [0.1, 0.15) is 27.8 Å². The fourth-order valence-electron chi connectivity index (χ4n) is 3.69. The van der Waals surface area contributed by atoms with Gasteiger partial charge in [-0.2, -0.15) is 44.6 Å². The number of hydrogen-bond acceptors (Lipinski definition) is 4. The molecule has 1 aliphatic rings. The maximum absolute atomic E-state index is 13.6. The summed E-state index contributed by atoms with van der Waals surface area (Å²) < 4.78 is 120. The first kappa shape index (κ1) is 25.8. The molecule has 2 aromatic carbocycles. The standard InChI is InChI=1S/C21H17F9N2O2/c1-9-3-6-14(13(7-9)20(25,26)27)32-18(34)15(17(33)21(28,29)30)16(31-32)12-5-4-11(8-10(12)2)19(22,23)24/h3-8,15,17-18,33-34H,1-2H3. The van der Waals surface area contributed by atoms with Crippen LogP contribution >= 0.6 is 0 Å². The van der Waals surface area contributed by atoms with Crippen molar-refractivity contribution in [3.8, 4) is 0 Å². The predicted molar refractivity (Wildman–Crippen MR) is 103 cm³/mol. The Kier molecular flexibility index (Phi) is 6.42. The quantitative estimate of drug-likeness (QED) is 0.554. The monoisotopic (exact) mass is 500 g/mol. The fraction of sp³-hybridized carbons (Fsp3) is 0.381. The lowest BCUT2D eigenvalue weighted by atomic mass is 9.88. The third kappa shape index (κ3) is 4.85. The third-order valence-corrected chi connectivity index (χ3v) is 5.31. The number of rotatable bonds is 3. The number of hydrazone groups is 1. The molecule has 0 bridgehead atoms. The number of aliphatic hydroxyl groups is 2. The minimum atomic E-state index is -5.32. The van der Waals surface area contributed by atoms with Crippen molar-refractivity contribution < 1.29 is 49.7 Å². The van der Waals surface area contributed by atoms with E-state index in [-0.39, 0.29) is 21.7 Å². The van der Waals surface area contributed by atoms with Gasteiger partial charge in [0.2, 0.25) is 0 Å². The van der Waals surface area contributed by atoms with Crippen molar-refractivity contribution in [3.63, 3.8) is 0 Å². The number of nitrogens with zero attached hydrogens (tertiary/aromatic N) is 2. The van der Waals surface area contributed by atoms with Crippen LogP contribution in [-0.4, -0.2) is 34.4 Å². The number of benzene rings is 2. The van der Waals surface area contributed by atoms with Gasteiger partial charge < -0.3 is 10.2 Å². The Labute approximate surface area is 186 Å². The van der Waals surface area contributed by atoms with Crippen LogP contribution in [0.25, 0.3) is 0 Å². The van der Waals surface area contributed by atoms with Crippen molar-refractivity contribution in [2.75, 3.05) is 5.01 Å². The largest absolute Gasteiger partial charge is 0.418 e. The Morgan fingerprint density at radius 2 is 1.50 bits per heavy atom. The van der Waals surface area contributed by atoms with Gasteiger partial charge in [0.15, 0.2) is 12.3 Å². The molecule has 0 radical (unpaired) electrons. The van der Waals surface area contributed by atoms with Crippen LogP contribution in [0.2, 0.25) is 0 Å². The van der Waals surface area contributed by atoms with Gasteiger partial charge in [-0.3, -0.25) is 0 Å². The molecule has 0 saturated carbocycles. The second-order valence-electron chi connectivity index (χ2n) is 7.80. The number of alkyl halides is 9. The van der Waals surface area contributed by atoms with Gasteiger partial charge >= 0.3 is 18.5 Å². The average molecular weight is 500 g/mol. The van der Waals surface area contributed by atoms with Crippen LogP contribution < -0.4 is 5.01 Å². The van der Waals surface area contributed by atoms with Gasteiger partial charge in [-0.1, -0.05) is 17.7 Å². The van der Waals surface area contributed by atoms with Crippen molar-refractivity contribution >= 4 is 11.4 Å². The molecule has 13 heteroatoms. The van der Waals surface area contributed by atoms with Gasteiger partial charge in [-0.25, -0.2) is 5.01 Å². The highest BCUT2D eigenvalue weighted by molar-refractivity contribution is 6.06. The highest BCUT2D eigenvalue weighted by Gasteiger charge is 2.53. The van der Waals surface area contributed by atoms with E-state index >= 15 is 0 Å². The van der Waals surface area contributed by atoms with Crippen molar-refractivity contribution in [2.45, 2.75) is 44.7 Å².